The molecular formula is C15H26N2O4. The maximum Gasteiger partial charge on any atom is 0.303 e. The quantitative estimate of drug-likeness (QED) is 0.709. The van der Waals surface area contributed by atoms with Crippen LogP contribution in [0.3, 0.4) is 0 Å². The molecule has 0 aromatic rings. The lowest BCUT2D eigenvalue weighted by atomic mass is 9.87. The summed E-state index contributed by atoms with van der Waals surface area (Å²) in [6.07, 6.45) is 6.85. The van der Waals surface area contributed by atoms with Crippen LogP contribution < -0.4 is 5.32 Å². The van der Waals surface area contributed by atoms with Crippen molar-refractivity contribution in [2.24, 2.45) is 5.92 Å². The Morgan fingerprint density at radius 2 is 1.86 bits per heavy atom. The molecule has 0 aliphatic heterocycles. The van der Waals surface area contributed by atoms with Gasteiger partial charge in [0.15, 0.2) is 0 Å². The van der Waals surface area contributed by atoms with Crippen LogP contribution in [0.5, 0.6) is 0 Å². The fourth-order valence-corrected chi connectivity index (χ4v) is 2.63. The van der Waals surface area contributed by atoms with Crippen LogP contribution in [0.1, 0.15) is 51.4 Å². The van der Waals surface area contributed by atoms with Crippen LogP contribution in [-0.4, -0.2) is 47.9 Å². The van der Waals surface area contributed by atoms with Gasteiger partial charge in [0.25, 0.3) is 0 Å². The van der Waals surface area contributed by atoms with Crippen molar-refractivity contribution in [2.45, 2.75) is 51.4 Å². The first-order chi connectivity index (χ1) is 9.99. The molecule has 0 heterocycles. The highest BCUT2D eigenvalue weighted by atomic mass is 16.4. The summed E-state index contributed by atoms with van der Waals surface area (Å²) in [5.74, 6) is -0.648. The van der Waals surface area contributed by atoms with Gasteiger partial charge >= 0.3 is 5.97 Å². The van der Waals surface area contributed by atoms with E-state index in [1.807, 2.05) is 0 Å². The second-order valence-electron chi connectivity index (χ2n) is 5.80. The number of hydrogen-bond donors (Lipinski definition) is 2. The molecule has 0 bridgehead atoms. The Labute approximate surface area is 125 Å². The number of carbonyl (C=O) groups excluding carboxylic acids is 2. The molecule has 0 spiro atoms. The second-order valence-corrected chi connectivity index (χ2v) is 5.80. The molecule has 1 rings (SSSR count). The van der Waals surface area contributed by atoms with E-state index in [0.717, 1.165) is 12.8 Å². The zero-order valence-corrected chi connectivity index (χ0v) is 12.8. The fraction of sp³-hybridized carbons (Fsp3) is 0.800. The first-order valence-corrected chi connectivity index (χ1v) is 7.71. The largest absolute Gasteiger partial charge is 0.481 e. The third-order valence-electron chi connectivity index (χ3n) is 3.95. The van der Waals surface area contributed by atoms with Crippen molar-refractivity contribution < 1.29 is 19.5 Å². The Morgan fingerprint density at radius 1 is 1.19 bits per heavy atom. The van der Waals surface area contributed by atoms with Gasteiger partial charge in [-0.15, -0.1) is 0 Å². The summed E-state index contributed by atoms with van der Waals surface area (Å²) in [6, 6.07) is 0. The van der Waals surface area contributed by atoms with E-state index in [1.54, 1.807) is 7.05 Å². The van der Waals surface area contributed by atoms with E-state index in [9.17, 15) is 14.4 Å². The van der Waals surface area contributed by atoms with E-state index in [2.05, 4.69) is 5.32 Å². The molecule has 0 unspecified atom stereocenters. The Kier molecular flexibility index (Phi) is 7.79. The number of carbonyl (C=O) groups is 3. The smallest absolute Gasteiger partial charge is 0.303 e. The fourth-order valence-electron chi connectivity index (χ4n) is 2.63. The minimum atomic E-state index is -0.864. The van der Waals surface area contributed by atoms with E-state index in [1.165, 1.54) is 24.2 Å². The van der Waals surface area contributed by atoms with Crippen molar-refractivity contribution in [3.8, 4) is 0 Å². The summed E-state index contributed by atoms with van der Waals surface area (Å²) in [5.41, 5.74) is 0. The van der Waals surface area contributed by atoms with Crippen molar-refractivity contribution in [1.82, 2.24) is 10.2 Å². The monoisotopic (exact) mass is 298 g/mol. The summed E-state index contributed by atoms with van der Waals surface area (Å²) in [7, 11) is 1.62. The van der Waals surface area contributed by atoms with Crippen LogP contribution in [0, 0.1) is 5.92 Å². The maximum atomic E-state index is 11.8. The lowest BCUT2D eigenvalue weighted by Gasteiger charge is -2.21. The third kappa shape index (κ3) is 7.68. The number of rotatable bonds is 8. The van der Waals surface area contributed by atoms with Crippen molar-refractivity contribution in [1.29, 1.82) is 0 Å². The van der Waals surface area contributed by atoms with Crippen molar-refractivity contribution >= 4 is 17.8 Å². The van der Waals surface area contributed by atoms with Crippen LogP contribution in [0.15, 0.2) is 0 Å². The number of nitrogens with zero attached hydrogens (tertiary/aromatic N) is 1. The molecular weight excluding hydrogens is 272 g/mol. The van der Waals surface area contributed by atoms with Crippen LogP contribution in [-0.2, 0) is 14.4 Å². The van der Waals surface area contributed by atoms with Gasteiger partial charge in [0.05, 0.1) is 6.54 Å². The van der Waals surface area contributed by atoms with E-state index < -0.39 is 5.97 Å². The molecule has 2 amide bonds. The normalized spacial score (nSPS) is 15.5. The number of carboxylic acids is 1. The molecule has 0 aromatic heterocycles. The van der Waals surface area contributed by atoms with E-state index in [4.69, 9.17) is 5.11 Å². The number of hydrogen-bond acceptors (Lipinski definition) is 3. The zero-order chi connectivity index (χ0) is 15.7. The predicted octanol–water partition coefficient (Wildman–Crippen LogP) is 1.40. The molecule has 1 saturated carbocycles. The predicted molar refractivity (Wildman–Crippen MR) is 78.7 cm³/mol. The zero-order valence-electron chi connectivity index (χ0n) is 12.8. The van der Waals surface area contributed by atoms with Gasteiger partial charge in [0.1, 0.15) is 0 Å². The SMILES string of the molecule is CN(CCCC(=O)O)C(=O)CNC(=O)CC1CCCCC1. The molecule has 6 heteroatoms. The molecule has 120 valence electrons. The maximum absolute atomic E-state index is 11.8. The van der Waals surface area contributed by atoms with Crippen molar-refractivity contribution in [3.05, 3.63) is 0 Å². The minimum Gasteiger partial charge on any atom is -0.481 e. The number of likely N-dealkylation sites (N-methyl/N-ethyl adjacent to an activating group) is 1. The number of amides is 2. The molecule has 0 saturated heterocycles. The molecule has 6 nitrogen and oxygen atoms in total. The molecule has 1 aliphatic rings. The van der Waals surface area contributed by atoms with E-state index in [0.29, 0.717) is 25.3 Å². The molecule has 1 fully saturated rings. The summed E-state index contributed by atoms with van der Waals surface area (Å²) < 4.78 is 0. The van der Waals surface area contributed by atoms with Crippen molar-refractivity contribution in [3.63, 3.8) is 0 Å². The first kappa shape index (κ1) is 17.5. The molecule has 0 aromatic carbocycles. The lowest BCUT2D eigenvalue weighted by Crippen LogP contribution is -2.39. The summed E-state index contributed by atoms with van der Waals surface area (Å²) in [5, 5.41) is 11.2. The summed E-state index contributed by atoms with van der Waals surface area (Å²) in [6.45, 7) is 0.388. The van der Waals surface area contributed by atoms with Gasteiger partial charge < -0.3 is 15.3 Å². The number of aliphatic carboxylic acids is 1. The minimum absolute atomic E-state index is 0.00484. The topological polar surface area (TPSA) is 86.7 Å². The molecule has 1 aliphatic carbocycles. The van der Waals surface area contributed by atoms with E-state index >= 15 is 0 Å². The Morgan fingerprint density at radius 3 is 2.48 bits per heavy atom. The van der Waals surface area contributed by atoms with Crippen LogP contribution in [0.2, 0.25) is 0 Å². The van der Waals surface area contributed by atoms with Crippen LogP contribution >= 0.6 is 0 Å². The average Bonchev–Trinajstić information content (AvgIpc) is 2.45. The number of carboxylic acid groups (broad SMARTS) is 1. The highest BCUT2D eigenvalue weighted by Crippen LogP contribution is 2.25. The number of nitrogens with one attached hydrogen (secondary N) is 1. The van der Waals surface area contributed by atoms with Gasteiger partial charge in [-0.1, -0.05) is 19.3 Å². The van der Waals surface area contributed by atoms with Crippen molar-refractivity contribution in [2.75, 3.05) is 20.1 Å². The molecule has 0 radical (unpaired) electrons. The standard InChI is InChI=1S/C15H26N2O4/c1-17(9-5-8-15(20)21)14(19)11-16-13(18)10-12-6-3-2-4-7-12/h12H,2-11H2,1H3,(H,16,18)(H,20,21). The van der Waals surface area contributed by atoms with Gasteiger partial charge in [-0.2, -0.15) is 0 Å². The molecule has 0 atom stereocenters. The Hall–Kier alpha value is -1.59. The summed E-state index contributed by atoms with van der Waals surface area (Å²) in [4.78, 5) is 35.4. The average molecular weight is 298 g/mol. The first-order valence-electron chi connectivity index (χ1n) is 7.71. The lowest BCUT2D eigenvalue weighted by molar-refractivity contribution is -0.138. The summed E-state index contributed by atoms with van der Waals surface area (Å²) >= 11 is 0. The van der Waals surface area contributed by atoms with Gasteiger partial charge in [0.2, 0.25) is 11.8 Å². The van der Waals surface area contributed by atoms with Crippen LogP contribution in [0.25, 0.3) is 0 Å². The second kappa shape index (κ2) is 9.37. The Bertz CT molecular complexity index is 365. The molecule has 21 heavy (non-hydrogen) atoms. The van der Waals surface area contributed by atoms with Gasteiger partial charge in [-0.05, 0) is 25.2 Å². The highest BCUT2D eigenvalue weighted by Gasteiger charge is 2.18. The third-order valence-corrected chi connectivity index (χ3v) is 3.95. The highest BCUT2D eigenvalue weighted by molar-refractivity contribution is 5.84. The van der Waals surface area contributed by atoms with Gasteiger partial charge in [-0.25, -0.2) is 0 Å². The molecule has 2 N–H and O–H groups in total. The Balaban J connectivity index is 2.15. The van der Waals surface area contributed by atoms with Crippen LogP contribution in [0.4, 0.5) is 0 Å². The van der Waals surface area contributed by atoms with Gasteiger partial charge in [0, 0.05) is 26.4 Å². The van der Waals surface area contributed by atoms with E-state index in [-0.39, 0.29) is 24.8 Å². The van der Waals surface area contributed by atoms with Gasteiger partial charge in [-0.3, -0.25) is 14.4 Å².